The van der Waals surface area contributed by atoms with Crippen molar-refractivity contribution in [2.24, 2.45) is 0 Å². The van der Waals surface area contributed by atoms with E-state index in [-0.39, 0.29) is 11.4 Å². The number of carboxylic acids is 1. The quantitative estimate of drug-likeness (QED) is 0.918. The summed E-state index contributed by atoms with van der Waals surface area (Å²) in [5.41, 5.74) is 1.46. The van der Waals surface area contributed by atoms with Crippen molar-refractivity contribution in [3.63, 3.8) is 0 Å². The van der Waals surface area contributed by atoms with Gasteiger partial charge in [-0.25, -0.2) is 4.98 Å². The number of anilines is 1. The lowest BCUT2D eigenvalue weighted by molar-refractivity contribution is -0.136. The molecule has 0 atom stereocenters. The number of pyridine rings is 1. The van der Waals surface area contributed by atoms with E-state index in [0.717, 1.165) is 18.4 Å². The number of aliphatic carboxylic acids is 1. The maximum atomic E-state index is 12.6. The van der Waals surface area contributed by atoms with E-state index >= 15 is 0 Å². The first-order valence-corrected chi connectivity index (χ1v) is 6.26. The molecule has 2 rings (SSSR count). The smallest absolute Gasteiger partial charge is 0.405 e. The number of alkyl halides is 3. The van der Waals surface area contributed by atoms with Gasteiger partial charge in [0.15, 0.2) is 0 Å². The molecule has 0 aromatic carbocycles. The van der Waals surface area contributed by atoms with Crippen molar-refractivity contribution < 1.29 is 23.1 Å². The fraction of sp³-hybridized carbons (Fsp3) is 0.462. The molecular weight excluding hydrogens is 287 g/mol. The lowest BCUT2D eigenvalue weighted by atomic mass is 10.1. The van der Waals surface area contributed by atoms with Gasteiger partial charge >= 0.3 is 12.1 Å². The van der Waals surface area contributed by atoms with Crippen LogP contribution in [0.15, 0.2) is 6.07 Å². The van der Waals surface area contributed by atoms with Crippen LogP contribution in [0.25, 0.3) is 0 Å². The van der Waals surface area contributed by atoms with Crippen LogP contribution < -0.4 is 4.90 Å². The van der Waals surface area contributed by atoms with Gasteiger partial charge in [-0.15, -0.1) is 0 Å². The Morgan fingerprint density at radius 2 is 2.19 bits per heavy atom. The molecule has 0 unspecified atom stereocenters. The summed E-state index contributed by atoms with van der Waals surface area (Å²) < 4.78 is 37.8. The molecule has 0 radical (unpaired) electrons. The lowest BCUT2D eigenvalue weighted by Gasteiger charge is -2.24. The zero-order valence-corrected chi connectivity index (χ0v) is 10.9. The molecule has 1 heterocycles. The molecule has 1 aromatic heterocycles. The molecule has 21 heavy (non-hydrogen) atoms. The molecule has 1 aromatic rings. The van der Waals surface area contributed by atoms with E-state index < -0.39 is 25.2 Å². The zero-order chi connectivity index (χ0) is 15.6. The number of fused-ring (bicyclic) bond motifs is 1. The lowest BCUT2D eigenvalue weighted by Crippen LogP contribution is -2.39. The summed E-state index contributed by atoms with van der Waals surface area (Å²) in [7, 11) is 0. The van der Waals surface area contributed by atoms with Gasteiger partial charge in [0.05, 0.1) is 5.56 Å². The molecule has 0 fully saturated rings. The van der Waals surface area contributed by atoms with E-state index in [1.807, 2.05) is 0 Å². The SMILES string of the molecule is N#Cc1cc2c(nc1N(CC(=O)O)CC(F)(F)F)CCC2. The average molecular weight is 299 g/mol. The minimum absolute atomic E-state index is 0.0267. The predicted molar refractivity (Wildman–Crippen MR) is 66.9 cm³/mol. The highest BCUT2D eigenvalue weighted by Crippen LogP contribution is 2.29. The van der Waals surface area contributed by atoms with Crippen LogP contribution in [0.3, 0.4) is 0 Å². The second kappa shape index (κ2) is 5.60. The minimum Gasteiger partial charge on any atom is -0.480 e. The van der Waals surface area contributed by atoms with Gasteiger partial charge in [0.2, 0.25) is 0 Å². The molecule has 0 saturated carbocycles. The van der Waals surface area contributed by atoms with Crippen LogP contribution >= 0.6 is 0 Å². The van der Waals surface area contributed by atoms with Gasteiger partial charge < -0.3 is 10.0 Å². The van der Waals surface area contributed by atoms with E-state index in [9.17, 15) is 18.0 Å². The van der Waals surface area contributed by atoms with Crippen molar-refractivity contribution in [3.05, 3.63) is 22.9 Å². The maximum Gasteiger partial charge on any atom is 0.405 e. The first-order chi connectivity index (χ1) is 9.80. The van der Waals surface area contributed by atoms with Crippen LogP contribution in [0.1, 0.15) is 23.2 Å². The van der Waals surface area contributed by atoms with Gasteiger partial charge in [-0.2, -0.15) is 18.4 Å². The van der Waals surface area contributed by atoms with Crippen molar-refractivity contribution >= 4 is 11.8 Å². The fourth-order valence-electron chi connectivity index (χ4n) is 2.37. The number of nitrogens with zero attached hydrogens (tertiary/aromatic N) is 3. The van der Waals surface area contributed by atoms with Gasteiger partial charge in [0.25, 0.3) is 0 Å². The Morgan fingerprint density at radius 3 is 2.76 bits per heavy atom. The van der Waals surface area contributed by atoms with Crippen molar-refractivity contribution in [1.29, 1.82) is 5.26 Å². The molecule has 0 saturated heterocycles. The number of carbonyl (C=O) groups is 1. The Balaban J connectivity index is 2.43. The Hall–Kier alpha value is -2.30. The molecule has 8 heteroatoms. The number of aromatic nitrogens is 1. The number of rotatable bonds is 4. The molecular formula is C13H12F3N3O2. The van der Waals surface area contributed by atoms with Crippen LogP contribution in [0.5, 0.6) is 0 Å². The number of carboxylic acid groups (broad SMARTS) is 1. The monoisotopic (exact) mass is 299 g/mol. The van der Waals surface area contributed by atoms with E-state index in [1.165, 1.54) is 6.07 Å². The molecule has 1 N–H and O–H groups in total. The zero-order valence-electron chi connectivity index (χ0n) is 10.9. The maximum absolute atomic E-state index is 12.6. The number of halogens is 3. The summed E-state index contributed by atoms with van der Waals surface area (Å²) in [5, 5.41) is 17.9. The highest BCUT2D eigenvalue weighted by Gasteiger charge is 2.33. The molecule has 0 aliphatic heterocycles. The molecule has 0 amide bonds. The van der Waals surface area contributed by atoms with Gasteiger partial charge in [0.1, 0.15) is 25.0 Å². The van der Waals surface area contributed by atoms with Crippen molar-refractivity contribution in [2.75, 3.05) is 18.0 Å². The standard InChI is InChI=1S/C13H12F3N3O2/c14-13(15,16)7-19(6-11(20)21)12-9(5-17)4-8-2-1-3-10(8)18-12/h4H,1-3,6-7H2,(H,20,21). The van der Waals surface area contributed by atoms with E-state index in [1.54, 1.807) is 6.07 Å². The summed E-state index contributed by atoms with van der Waals surface area (Å²) in [6, 6.07) is 3.31. The van der Waals surface area contributed by atoms with Crippen molar-refractivity contribution in [2.45, 2.75) is 25.4 Å². The Morgan fingerprint density at radius 1 is 1.48 bits per heavy atom. The topological polar surface area (TPSA) is 77.2 Å². The summed E-state index contributed by atoms with van der Waals surface area (Å²) in [6.07, 6.45) is -2.39. The normalized spacial score (nSPS) is 13.6. The molecule has 1 aliphatic carbocycles. The highest BCUT2D eigenvalue weighted by molar-refractivity contribution is 5.74. The number of hydrogen-bond acceptors (Lipinski definition) is 4. The molecule has 0 bridgehead atoms. The Labute approximate surface area is 118 Å². The minimum atomic E-state index is -4.58. The number of nitriles is 1. The molecule has 112 valence electrons. The summed E-state index contributed by atoms with van der Waals surface area (Å²) in [4.78, 5) is 15.5. The van der Waals surface area contributed by atoms with Crippen LogP contribution in [0, 0.1) is 11.3 Å². The highest BCUT2D eigenvalue weighted by atomic mass is 19.4. The summed E-state index contributed by atoms with van der Waals surface area (Å²) >= 11 is 0. The number of hydrogen-bond donors (Lipinski definition) is 1. The fourth-order valence-corrected chi connectivity index (χ4v) is 2.37. The van der Waals surface area contributed by atoms with Gasteiger partial charge in [0, 0.05) is 5.69 Å². The second-order valence-electron chi connectivity index (χ2n) is 4.80. The first kappa shape index (κ1) is 15.1. The van der Waals surface area contributed by atoms with Crippen LogP contribution in [0.2, 0.25) is 0 Å². The van der Waals surface area contributed by atoms with E-state index in [0.29, 0.717) is 17.0 Å². The van der Waals surface area contributed by atoms with Gasteiger partial charge in [-0.3, -0.25) is 4.79 Å². The largest absolute Gasteiger partial charge is 0.480 e. The predicted octanol–water partition coefficient (Wildman–Crippen LogP) is 1.90. The third kappa shape index (κ3) is 3.62. The first-order valence-electron chi connectivity index (χ1n) is 6.26. The van der Waals surface area contributed by atoms with Gasteiger partial charge in [-0.05, 0) is 30.9 Å². The molecule has 0 spiro atoms. The Kier molecular flexibility index (Phi) is 4.02. The van der Waals surface area contributed by atoms with Crippen molar-refractivity contribution in [3.8, 4) is 6.07 Å². The van der Waals surface area contributed by atoms with Crippen molar-refractivity contribution in [1.82, 2.24) is 4.98 Å². The van der Waals surface area contributed by atoms with E-state index in [2.05, 4.69) is 4.98 Å². The molecule has 1 aliphatic rings. The van der Waals surface area contributed by atoms with Crippen LogP contribution in [0.4, 0.5) is 19.0 Å². The number of aryl methyl sites for hydroxylation is 2. The van der Waals surface area contributed by atoms with Gasteiger partial charge in [-0.1, -0.05) is 0 Å². The average Bonchev–Trinajstić information content (AvgIpc) is 2.81. The van der Waals surface area contributed by atoms with E-state index in [4.69, 9.17) is 10.4 Å². The van der Waals surface area contributed by atoms with Crippen LogP contribution in [-0.2, 0) is 17.6 Å². The third-order valence-electron chi connectivity index (χ3n) is 3.15. The summed E-state index contributed by atoms with van der Waals surface area (Å²) in [6.45, 7) is -2.32. The van der Waals surface area contributed by atoms with Crippen LogP contribution in [-0.4, -0.2) is 35.3 Å². The second-order valence-corrected chi connectivity index (χ2v) is 4.80. The molecule has 5 nitrogen and oxygen atoms in total. The summed E-state index contributed by atoms with van der Waals surface area (Å²) in [5.74, 6) is -1.62. The Bertz CT molecular complexity index is 608. The third-order valence-corrected chi connectivity index (χ3v) is 3.15.